The maximum Gasteiger partial charge on any atom is 0.315 e. The molecule has 0 unspecified atom stereocenters. The van der Waals surface area contributed by atoms with E-state index in [1.807, 2.05) is 36.4 Å². The van der Waals surface area contributed by atoms with Gasteiger partial charge in [0.2, 0.25) is 0 Å². The molecule has 1 N–H and O–H groups in total. The minimum Gasteiger partial charge on any atom is -0.481 e. The molecule has 2 nitrogen and oxygen atoms in total. The molecule has 0 radical (unpaired) electrons. The molecule has 1 aliphatic rings. The minimum absolute atomic E-state index is 0.506. The molecule has 5 aromatic rings. The van der Waals surface area contributed by atoms with Crippen LogP contribution < -0.4 is 0 Å². The number of aryl methyl sites for hydroxylation is 4. The van der Waals surface area contributed by atoms with Crippen molar-refractivity contribution < 1.29 is 9.90 Å². The minimum atomic E-state index is -1.10. The predicted octanol–water partition coefficient (Wildman–Crippen LogP) is 8.97. The van der Waals surface area contributed by atoms with Gasteiger partial charge in [-0.2, -0.15) is 0 Å². The Morgan fingerprint density at radius 1 is 0.525 bits per heavy atom. The summed E-state index contributed by atoms with van der Waals surface area (Å²) in [6, 6.07) is 39.9. The fourth-order valence-corrected chi connectivity index (χ4v) is 6.88. The van der Waals surface area contributed by atoms with Crippen molar-refractivity contribution in [2.75, 3.05) is 0 Å². The number of hydrogen-bond acceptors (Lipinski definition) is 1. The largest absolute Gasteiger partial charge is 0.481 e. The second-order valence-corrected chi connectivity index (χ2v) is 11.6. The van der Waals surface area contributed by atoms with E-state index in [1.54, 1.807) is 0 Å². The number of aliphatic carboxylic acids is 1. The van der Waals surface area contributed by atoms with Crippen LogP contribution in [0.5, 0.6) is 0 Å². The van der Waals surface area contributed by atoms with Gasteiger partial charge in [-0.05, 0) is 91.3 Å². The van der Waals surface area contributed by atoms with Crippen LogP contribution in [-0.4, -0.2) is 11.1 Å². The van der Waals surface area contributed by atoms with E-state index in [0.29, 0.717) is 6.42 Å². The lowest BCUT2D eigenvalue weighted by Crippen LogP contribution is -2.31. The predicted molar refractivity (Wildman–Crippen MR) is 164 cm³/mol. The van der Waals surface area contributed by atoms with Gasteiger partial charge in [-0.15, -0.1) is 0 Å². The third-order valence-electron chi connectivity index (χ3n) is 8.57. The molecule has 0 amide bonds. The molecule has 1 saturated carbocycles. The third kappa shape index (κ3) is 4.16. The quantitative estimate of drug-likeness (QED) is 0.242. The molecule has 6 rings (SSSR count). The summed E-state index contributed by atoms with van der Waals surface area (Å²) in [5.74, 6) is -0.788. The summed E-state index contributed by atoms with van der Waals surface area (Å²) in [5, 5.41) is 11.1. The third-order valence-corrected chi connectivity index (χ3v) is 8.57. The van der Waals surface area contributed by atoms with Crippen molar-refractivity contribution in [3.8, 4) is 22.3 Å². The SMILES string of the molecule is Cc1cc(C)cc(-c2cc(-c3cc(C)cc(C)c3)cc([C@]3(C(=O)O)CC3(c3ccccc3)c3ccccc3)c2)c1. The Labute approximate surface area is 237 Å². The first kappa shape index (κ1) is 25.8. The van der Waals surface area contributed by atoms with Crippen molar-refractivity contribution >= 4 is 5.97 Å². The number of carboxylic acids is 1. The van der Waals surface area contributed by atoms with Crippen LogP contribution in [0.1, 0.15) is 45.4 Å². The molecular weight excluding hydrogens is 488 g/mol. The summed E-state index contributed by atoms with van der Waals surface area (Å²) in [6.07, 6.45) is 0.506. The summed E-state index contributed by atoms with van der Waals surface area (Å²) in [7, 11) is 0. The van der Waals surface area contributed by atoms with E-state index in [2.05, 4.69) is 107 Å². The van der Waals surface area contributed by atoms with Crippen LogP contribution in [0, 0.1) is 27.7 Å². The normalized spacial score (nSPS) is 17.4. The van der Waals surface area contributed by atoms with Crippen molar-refractivity contribution in [2.45, 2.75) is 44.9 Å². The first-order valence-corrected chi connectivity index (χ1v) is 13.9. The molecule has 2 heteroatoms. The maximum atomic E-state index is 13.6. The van der Waals surface area contributed by atoms with Gasteiger partial charge in [0.25, 0.3) is 0 Å². The Morgan fingerprint density at radius 2 is 0.900 bits per heavy atom. The van der Waals surface area contributed by atoms with E-state index in [0.717, 1.165) is 38.9 Å². The topological polar surface area (TPSA) is 37.3 Å². The first-order chi connectivity index (χ1) is 19.2. The standard InChI is InChI=1S/C38H34O2/c1-25-15-26(2)18-29(17-25)31-21-32(30-19-27(3)16-28(4)20-30)23-35(22-31)38(36(39)40)24-37(38,33-11-7-5-8-12-33)34-13-9-6-10-14-34/h5-23H,24H2,1-4H3,(H,39,40)/t38-/m0/s1. The van der Waals surface area contributed by atoms with Crippen molar-refractivity contribution in [1.82, 2.24) is 0 Å². The summed E-state index contributed by atoms with van der Waals surface area (Å²) in [4.78, 5) is 13.6. The highest BCUT2D eigenvalue weighted by atomic mass is 16.4. The van der Waals surface area contributed by atoms with Crippen LogP contribution in [-0.2, 0) is 15.6 Å². The molecule has 198 valence electrons. The van der Waals surface area contributed by atoms with Crippen molar-refractivity contribution in [2.24, 2.45) is 0 Å². The van der Waals surface area contributed by atoms with Crippen molar-refractivity contribution in [1.29, 1.82) is 0 Å². The molecule has 0 heterocycles. The zero-order valence-corrected chi connectivity index (χ0v) is 23.5. The zero-order valence-electron chi connectivity index (χ0n) is 23.5. The molecule has 1 fully saturated rings. The first-order valence-electron chi connectivity index (χ1n) is 13.9. The molecule has 0 aliphatic heterocycles. The van der Waals surface area contributed by atoms with Crippen LogP contribution in [0.4, 0.5) is 0 Å². The van der Waals surface area contributed by atoms with Gasteiger partial charge in [0, 0.05) is 5.41 Å². The highest BCUT2D eigenvalue weighted by Crippen LogP contribution is 2.69. The molecule has 1 atom stereocenters. The van der Waals surface area contributed by atoms with Crippen LogP contribution >= 0.6 is 0 Å². The summed E-state index contributed by atoms with van der Waals surface area (Å²) >= 11 is 0. The number of carbonyl (C=O) groups is 1. The van der Waals surface area contributed by atoms with Gasteiger partial charge in [0.05, 0.1) is 0 Å². The van der Waals surface area contributed by atoms with E-state index in [4.69, 9.17) is 0 Å². The smallest absolute Gasteiger partial charge is 0.315 e. The summed E-state index contributed by atoms with van der Waals surface area (Å²) in [5.41, 5.74) is 10.2. The molecule has 0 saturated heterocycles. The Morgan fingerprint density at radius 3 is 1.27 bits per heavy atom. The number of rotatable bonds is 6. The fraction of sp³-hybridized carbons (Fsp3) is 0.184. The lowest BCUT2D eigenvalue weighted by Gasteiger charge is -2.26. The zero-order chi connectivity index (χ0) is 28.1. The number of carboxylic acid groups (broad SMARTS) is 1. The van der Waals surface area contributed by atoms with Gasteiger partial charge in [-0.1, -0.05) is 119 Å². The number of hydrogen-bond donors (Lipinski definition) is 1. The Hall–Kier alpha value is -4.43. The van der Waals surface area contributed by atoms with Gasteiger partial charge in [0.1, 0.15) is 5.41 Å². The average molecular weight is 523 g/mol. The van der Waals surface area contributed by atoms with Crippen LogP contribution in [0.25, 0.3) is 22.3 Å². The second-order valence-electron chi connectivity index (χ2n) is 11.6. The van der Waals surface area contributed by atoms with Crippen LogP contribution in [0.2, 0.25) is 0 Å². The molecule has 5 aromatic carbocycles. The van der Waals surface area contributed by atoms with Gasteiger partial charge in [-0.25, -0.2) is 0 Å². The molecule has 0 aromatic heterocycles. The van der Waals surface area contributed by atoms with Gasteiger partial charge >= 0.3 is 5.97 Å². The van der Waals surface area contributed by atoms with Crippen LogP contribution in [0.15, 0.2) is 115 Å². The molecular formula is C38H34O2. The van der Waals surface area contributed by atoms with Gasteiger partial charge in [0.15, 0.2) is 0 Å². The van der Waals surface area contributed by atoms with E-state index < -0.39 is 16.8 Å². The monoisotopic (exact) mass is 522 g/mol. The second kappa shape index (κ2) is 9.64. The average Bonchev–Trinajstić information content (AvgIpc) is 3.66. The molecule has 40 heavy (non-hydrogen) atoms. The Bertz CT molecular complexity index is 1580. The lowest BCUT2D eigenvalue weighted by atomic mass is 9.76. The lowest BCUT2D eigenvalue weighted by molar-refractivity contribution is -0.140. The highest BCUT2D eigenvalue weighted by molar-refractivity contribution is 5.93. The van der Waals surface area contributed by atoms with E-state index in [-0.39, 0.29) is 0 Å². The van der Waals surface area contributed by atoms with Gasteiger partial charge in [-0.3, -0.25) is 4.79 Å². The van der Waals surface area contributed by atoms with E-state index >= 15 is 0 Å². The maximum absolute atomic E-state index is 13.6. The Balaban J connectivity index is 1.65. The Kier molecular flexibility index (Phi) is 6.22. The van der Waals surface area contributed by atoms with Gasteiger partial charge < -0.3 is 5.11 Å². The summed E-state index contributed by atoms with van der Waals surface area (Å²) < 4.78 is 0. The fourth-order valence-electron chi connectivity index (χ4n) is 6.88. The van der Waals surface area contributed by atoms with E-state index in [9.17, 15) is 9.90 Å². The van der Waals surface area contributed by atoms with Crippen molar-refractivity contribution in [3.63, 3.8) is 0 Å². The van der Waals surface area contributed by atoms with Crippen LogP contribution in [0.3, 0.4) is 0 Å². The molecule has 0 bridgehead atoms. The summed E-state index contributed by atoms with van der Waals surface area (Å²) in [6.45, 7) is 8.45. The van der Waals surface area contributed by atoms with E-state index in [1.165, 1.54) is 22.3 Å². The number of benzene rings is 5. The van der Waals surface area contributed by atoms with Crippen molar-refractivity contribution in [3.05, 3.63) is 154 Å². The highest BCUT2D eigenvalue weighted by Gasteiger charge is 2.74. The molecule has 0 spiro atoms. The molecule has 1 aliphatic carbocycles.